The molecule has 0 aromatic heterocycles. The third-order valence-electron chi connectivity index (χ3n) is 13.9. The van der Waals surface area contributed by atoms with Crippen molar-refractivity contribution in [3.8, 4) is 0 Å². The first-order chi connectivity index (χ1) is 40.0. The summed E-state index contributed by atoms with van der Waals surface area (Å²) in [5, 5.41) is 0. The Kier molecular flexibility index (Phi) is 63.9. The molecule has 0 spiro atoms. The maximum atomic E-state index is 12.8. The van der Waals surface area contributed by atoms with Gasteiger partial charge in [-0.15, -0.1) is 0 Å². The lowest BCUT2D eigenvalue weighted by molar-refractivity contribution is -0.166. The topological polar surface area (TPSA) is 78.9 Å². The standard InChI is InChI=1S/C75H122O6/c1-4-7-10-13-16-19-22-25-27-28-29-30-31-32-33-34-35-36-37-38-39-40-41-42-43-44-45-46-48-50-53-56-59-62-65-68-74(77)80-71-72(70-79-73(76)67-64-61-58-55-52-49-24-21-18-15-12-9-6-3)81-75(78)69-66-63-60-57-54-51-47-26-23-20-17-14-11-8-5-2/h7-12,16-21,25-27,29-30,47,49,52,54,57,63,66,72H,4-6,13-15,22-24,28,31-46,48,50-51,53,55-56,58-62,64-65,67-71H2,1-3H3/b10-7-,11-8-,12-9-,19-16-,20-17-,21-18-,27-25-,30-29-,47-26-,52-49-,57-54-,66-63-. The molecule has 1 atom stereocenters. The second-order valence-corrected chi connectivity index (χ2v) is 21.6. The first-order valence-electron chi connectivity index (χ1n) is 33.3. The summed E-state index contributed by atoms with van der Waals surface area (Å²) in [6.07, 6.45) is 97.8. The van der Waals surface area contributed by atoms with E-state index in [0.717, 1.165) is 116 Å². The van der Waals surface area contributed by atoms with E-state index in [9.17, 15) is 14.4 Å². The minimum absolute atomic E-state index is 0.0870. The van der Waals surface area contributed by atoms with Gasteiger partial charge in [0.15, 0.2) is 6.10 Å². The molecule has 0 aliphatic heterocycles. The monoisotopic (exact) mass is 1120 g/mol. The van der Waals surface area contributed by atoms with Crippen LogP contribution in [0.5, 0.6) is 0 Å². The quantitative estimate of drug-likeness (QED) is 0.0261. The molecule has 0 rings (SSSR count). The number of carbonyl (C=O) groups excluding carboxylic acids is 3. The van der Waals surface area contributed by atoms with Crippen LogP contribution in [0.15, 0.2) is 146 Å². The average Bonchev–Trinajstić information content (AvgIpc) is 3.46. The van der Waals surface area contributed by atoms with Crippen LogP contribution < -0.4 is 0 Å². The van der Waals surface area contributed by atoms with Gasteiger partial charge in [-0.3, -0.25) is 14.4 Å². The van der Waals surface area contributed by atoms with Crippen LogP contribution >= 0.6 is 0 Å². The largest absolute Gasteiger partial charge is 0.462 e. The van der Waals surface area contributed by atoms with Crippen molar-refractivity contribution in [2.45, 2.75) is 297 Å². The van der Waals surface area contributed by atoms with Gasteiger partial charge in [-0.1, -0.05) is 301 Å². The smallest absolute Gasteiger partial charge is 0.310 e. The Morgan fingerprint density at radius 3 is 0.765 bits per heavy atom. The molecule has 81 heavy (non-hydrogen) atoms. The van der Waals surface area contributed by atoms with Gasteiger partial charge >= 0.3 is 17.9 Å². The lowest BCUT2D eigenvalue weighted by Crippen LogP contribution is -2.30. The Morgan fingerprint density at radius 1 is 0.259 bits per heavy atom. The van der Waals surface area contributed by atoms with Gasteiger partial charge in [-0.2, -0.15) is 0 Å². The molecule has 0 aliphatic rings. The molecule has 0 fully saturated rings. The zero-order valence-corrected chi connectivity index (χ0v) is 52.5. The summed E-state index contributed by atoms with van der Waals surface area (Å²) in [6, 6.07) is 0. The van der Waals surface area contributed by atoms with E-state index in [0.29, 0.717) is 19.3 Å². The second-order valence-electron chi connectivity index (χ2n) is 21.6. The van der Waals surface area contributed by atoms with E-state index in [-0.39, 0.29) is 31.6 Å². The van der Waals surface area contributed by atoms with Crippen LogP contribution in [0, 0.1) is 0 Å². The van der Waals surface area contributed by atoms with Gasteiger partial charge in [-0.25, -0.2) is 0 Å². The molecule has 0 aliphatic carbocycles. The predicted octanol–water partition coefficient (Wildman–Crippen LogP) is 23.1. The van der Waals surface area contributed by atoms with Crippen LogP contribution in [-0.2, 0) is 28.6 Å². The first-order valence-corrected chi connectivity index (χ1v) is 33.3. The van der Waals surface area contributed by atoms with Gasteiger partial charge < -0.3 is 14.2 Å². The fourth-order valence-corrected chi connectivity index (χ4v) is 9.00. The van der Waals surface area contributed by atoms with Gasteiger partial charge in [0.05, 0.1) is 6.42 Å². The molecule has 6 heteroatoms. The number of ether oxygens (including phenoxy) is 3. The molecule has 0 aromatic carbocycles. The van der Waals surface area contributed by atoms with Crippen molar-refractivity contribution in [1.82, 2.24) is 0 Å². The SMILES string of the molecule is CC/C=C\C/C=C\C/C=C\C/C=C\C/C=C\CC(=O)OC(COC(=O)CCCCC/C=C\C/C=C\C/C=C\CC)COC(=O)CCCCCCCCCCCCCCCCCCCCCCCC/C=C\C/C=C\C/C=C\C/C=C\CC. The molecular formula is C75H122O6. The van der Waals surface area contributed by atoms with Gasteiger partial charge in [0, 0.05) is 12.8 Å². The van der Waals surface area contributed by atoms with E-state index in [1.165, 1.54) is 128 Å². The van der Waals surface area contributed by atoms with Crippen LogP contribution in [0.25, 0.3) is 0 Å². The highest BCUT2D eigenvalue weighted by Gasteiger charge is 2.19. The van der Waals surface area contributed by atoms with Crippen LogP contribution in [0.4, 0.5) is 0 Å². The Hall–Kier alpha value is -4.71. The summed E-state index contributed by atoms with van der Waals surface area (Å²) in [4.78, 5) is 38.2. The van der Waals surface area contributed by atoms with Crippen LogP contribution in [-0.4, -0.2) is 37.2 Å². The highest BCUT2D eigenvalue weighted by Crippen LogP contribution is 2.17. The fourth-order valence-electron chi connectivity index (χ4n) is 9.00. The van der Waals surface area contributed by atoms with E-state index in [1.54, 1.807) is 6.08 Å². The fraction of sp³-hybridized carbons (Fsp3) is 0.640. The predicted molar refractivity (Wildman–Crippen MR) is 352 cm³/mol. The van der Waals surface area contributed by atoms with Crippen molar-refractivity contribution < 1.29 is 28.6 Å². The summed E-state index contributed by atoms with van der Waals surface area (Å²) in [7, 11) is 0. The molecule has 458 valence electrons. The van der Waals surface area contributed by atoms with E-state index in [2.05, 4.69) is 154 Å². The highest BCUT2D eigenvalue weighted by atomic mass is 16.6. The van der Waals surface area contributed by atoms with Crippen molar-refractivity contribution in [3.05, 3.63) is 146 Å². The minimum atomic E-state index is -0.848. The molecular weight excluding hydrogens is 997 g/mol. The van der Waals surface area contributed by atoms with Crippen molar-refractivity contribution in [2.75, 3.05) is 13.2 Å². The maximum Gasteiger partial charge on any atom is 0.310 e. The van der Waals surface area contributed by atoms with Crippen LogP contribution in [0.2, 0.25) is 0 Å². The third-order valence-corrected chi connectivity index (χ3v) is 13.9. The zero-order chi connectivity index (χ0) is 58.5. The van der Waals surface area contributed by atoms with Crippen LogP contribution in [0.3, 0.4) is 0 Å². The number of allylic oxidation sites excluding steroid dienone is 23. The molecule has 0 heterocycles. The number of unbranched alkanes of at least 4 members (excludes halogenated alkanes) is 25. The molecule has 0 amide bonds. The minimum Gasteiger partial charge on any atom is -0.462 e. The Balaban J connectivity index is 4.18. The molecule has 0 aromatic rings. The third kappa shape index (κ3) is 66.0. The Bertz CT molecular complexity index is 1760. The summed E-state index contributed by atoms with van der Waals surface area (Å²) in [5.74, 6) is -1.09. The average molecular weight is 1120 g/mol. The molecule has 1 unspecified atom stereocenters. The number of hydrogen-bond acceptors (Lipinski definition) is 6. The van der Waals surface area contributed by atoms with E-state index in [1.807, 2.05) is 6.08 Å². The van der Waals surface area contributed by atoms with Crippen molar-refractivity contribution in [1.29, 1.82) is 0 Å². The number of rotatable bonds is 59. The van der Waals surface area contributed by atoms with E-state index in [4.69, 9.17) is 14.2 Å². The molecule has 0 saturated carbocycles. The van der Waals surface area contributed by atoms with E-state index >= 15 is 0 Å². The second kappa shape index (κ2) is 67.8. The van der Waals surface area contributed by atoms with Gasteiger partial charge in [0.1, 0.15) is 13.2 Å². The molecule has 0 radical (unpaired) electrons. The molecule has 6 nitrogen and oxygen atoms in total. The summed E-state index contributed by atoms with van der Waals surface area (Å²) in [5.41, 5.74) is 0. The van der Waals surface area contributed by atoms with Crippen molar-refractivity contribution in [2.24, 2.45) is 0 Å². The summed E-state index contributed by atoms with van der Waals surface area (Å²) < 4.78 is 16.8. The molecule has 0 bridgehead atoms. The number of esters is 3. The maximum absolute atomic E-state index is 12.8. The van der Waals surface area contributed by atoms with Crippen molar-refractivity contribution >= 4 is 17.9 Å². The first kappa shape index (κ1) is 76.3. The van der Waals surface area contributed by atoms with Crippen molar-refractivity contribution in [3.63, 3.8) is 0 Å². The Labute approximate surface area is 499 Å². The highest BCUT2D eigenvalue weighted by molar-refractivity contribution is 5.72. The normalized spacial score (nSPS) is 13.1. The van der Waals surface area contributed by atoms with Gasteiger partial charge in [0.25, 0.3) is 0 Å². The van der Waals surface area contributed by atoms with Crippen LogP contribution in [0.1, 0.15) is 290 Å². The number of carbonyl (C=O) groups is 3. The summed E-state index contributed by atoms with van der Waals surface area (Å²) in [6.45, 7) is 6.20. The van der Waals surface area contributed by atoms with Gasteiger partial charge in [-0.05, 0) is 116 Å². The molecule has 0 saturated heterocycles. The van der Waals surface area contributed by atoms with E-state index < -0.39 is 12.1 Å². The summed E-state index contributed by atoms with van der Waals surface area (Å²) >= 11 is 0. The molecule has 0 N–H and O–H groups in total. The lowest BCUT2D eigenvalue weighted by atomic mass is 10.0. The lowest BCUT2D eigenvalue weighted by Gasteiger charge is -2.18. The zero-order valence-electron chi connectivity index (χ0n) is 52.5. The Morgan fingerprint density at radius 2 is 0.481 bits per heavy atom. The number of hydrogen-bond donors (Lipinski definition) is 0. The van der Waals surface area contributed by atoms with Gasteiger partial charge in [0.2, 0.25) is 0 Å².